The van der Waals surface area contributed by atoms with Crippen LogP contribution in [0.4, 0.5) is 5.69 Å². The summed E-state index contributed by atoms with van der Waals surface area (Å²) in [5.41, 5.74) is 2.55. The summed E-state index contributed by atoms with van der Waals surface area (Å²) < 4.78 is 11.5. The van der Waals surface area contributed by atoms with Crippen molar-refractivity contribution in [3.63, 3.8) is 0 Å². The van der Waals surface area contributed by atoms with E-state index in [1.807, 2.05) is 49.4 Å². The molecule has 0 unspecified atom stereocenters. The van der Waals surface area contributed by atoms with E-state index >= 15 is 0 Å². The number of carbonyl (C=O) groups excluding carboxylic acids is 1. The Kier molecular flexibility index (Phi) is 7.18. The smallest absolute Gasteiger partial charge is 0.281 e. The van der Waals surface area contributed by atoms with Gasteiger partial charge in [-0.3, -0.25) is 9.69 Å². The summed E-state index contributed by atoms with van der Waals surface area (Å²) in [6, 6.07) is 19.9. The van der Waals surface area contributed by atoms with Crippen molar-refractivity contribution in [2.75, 3.05) is 11.5 Å². The van der Waals surface area contributed by atoms with Crippen molar-refractivity contribution in [1.29, 1.82) is 0 Å². The van der Waals surface area contributed by atoms with Gasteiger partial charge in [0.2, 0.25) is 0 Å². The molecule has 0 saturated carbocycles. The predicted octanol–water partition coefficient (Wildman–Crippen LogP) is 6.23. The number of hydrogen-bond acceptors (Lipinski definition) is 4. The highest BCUT2D eigenvalue weighted by atomic mass is 35.5. The number of anilines is 1. The Morgan fingerprint density at radius 2 is 1.79 bits per heavy atom. The molecule has 3 aromatic rings. The zero-order valence-electron chi connectivity index (χ0n) is 17.7. The standard InChI is InChI=1S/C25H20Cl2N2O3S/c1-2-31-20-11-9-19(10-12-20)29-24(30)22(28-25(29)33)13-16-5-3-4-6-23(16)32-15-17-7-8-18(26)14-21(17)27/h3-14H,2,15H2,1H3,(H,28,33)/b22-13-. The van der Waals surface area contributed by atoms with Crippen LogP contribution in [0.1, 0.15) is 18.1 Å². The molecular weight excluding hydrogens is 479 g/mol. The van der Waals surface area contributed by atoms with Crippen LogP contribution in [-0.2, 0) is 11.4 Å². The number of halogens is 2. The molecule has 168 valence electrons. The van der Waals surface area contributed by atoms with Crippen LogP contribution in [0.2, 0.25) is 10.0 Å². The maximum absolute atomic E-state index is 13.1. The van der Waals surface area contributed by atoms with Crippen LogP contribution in [0.25, 0.3) is 6.08 Å². The second-order valence-corrected chi connectivity index (χ2v) is 8.35. The van der Waals surface area contributed by atoms with Crippen molar-refractivity contribution >= 4 is 58.2 Å². The van der Waals surface area contributed by atoms with Crippen LogP contribution in [0.5, 0.6) is 11.5 Å². The molecule has 1 fully saturated rings. The van der Waals surface area contributed by atoms with Gasteiger partial charge in [0, 0.05) is 21.2 Å². The summed E-state index contributed by atoms with van der Waals surface area (Å²) in [5, 5.41) is 4.40. The fourth-order valence-corrected chi connectivity index (χ4v) is 4.07. The van der Waals surface area contributed by atoms with E-state index in [0.717, 1.165) is 16.9 Å². The molecule has 8 heteroatoms. The highest BCUT2D eigenvalue weighted by Crippen LogP contribution is 2.28. The quantitative estimate of drug-likeness (QED) is 0.309. The summed E-state index contributed by atoms with van der Waals surface area (Å²) in [6.07, 6.45) is 1.72. The van der Waals surface area contributed by atoms with E-state index in [1.54, 1.807) is 30.3 Å². The molecule has 1 aliphatic rings. The minimum Gasteiger partial charge on any atom is -0.494 e. The largest absolute Gasteiger partial charge is 0.494 e. The lowest BCUT2D eigenvalue weighted by atomic mass is 10.1. The Labute approximate surface area is 207 Å². The monoisotopic (exact) mass is 498 g/mol. The summed E-state index contributed by atoms with van der Waals surface area (Å²) in [4.78, 5) is 14.6. The van der Waals surface area contributed by atoms with Crippen molar-refractivity contribution in [1.82, 2.24) is 5.32 Å². The molecule has 33 heavy (non-hydrogen) atoms. The van der Waals surface area contributed by atoms with Crippen molar-refractivity contribution in [2.24, 2.45) is 0 Å². The van der Waals surface area contributed by atoms with Gasteiger partial charge in [-0.2, -0.15) is 0 Å². The lowest BCUT2D eigenvalue weighted by molar-refractivity contribution is -0.113. The minimum absolute atomic E-state index is 0.250. The molecule has 1 saturated heterocycles. The third-order valence-electron chi connectivity index (χ3n) is 4.90. The van der Waals surface area contributed by atoms with Crippen molar-refractivity contribution in [3.8, 4) is 11.5 Å². The molecule has 4 rings (SSSR count). The average Bonchev–Trinajstić information content (AvgIpc) is 3.08. The van der Waals surface area contributed by atoms with E-state index in [9.17, 15) is 4.79 Å². The van der Waals surface area contributed by atoms with Gasteiger partial charge in [-0.25, -0.2) is 0 Å². The van der Waals surface area contributed by atoms with Crippen molar-refractivity contribution < 1.29 is 14.3 Å². The number of para-hydroxylation sites is 1. The van der Waals surface area contributed by atoms with Gasteiger partial charge in [0.05, 0.1) is 12.3 Å². The van der Waals surface area contributed by atoms with Crippen LogP contribution in [-0.4, -0.2) is 17.6 Å². The molecule has 0 bridgehead atoms. The molecule has 0 spiro atoms. The van der Waals surface area contributed by atoms with Gasteiger partial charge in [-0.05, 0) is 67.7 Å². The van der Waals surface area contributed by atoms with Crippen LogP contribution in [0, 0.1) is 0 Å². The van der Waals surface area contributed by atoms with E-state index < -0.39 is 0 Å². The van der Waals surface area contributed by atoms with Gasteiger partial charge in [-0.15, -0.1) is 0 Å². The molecule has 0 radical (unpaired) electrons. The first-order valence-corrected chi connectivity index (χ1v) is 11.4. The Morgan fingerprint density at radius 3 is 2.52 bits per heavy atom. The topological polar surface area (TPSA) is 50.8 Å². The normalized spacial score (nSPS) is 14.5. The summed E-state index contributed by atoms with van der Waals surface area (Å²) in [7, 11) is 0. The van der Waals surface area contributed by atoms with Crippen LogP contribution < -0.4 is 19.7 Å². The third-order valence-corrected chi connectivity index (χ3v) is 5.77. The number of ether oxygens (including phenoxy) is 2. The maximum Gasteiger partial charge on any atom is 0.281 e. The number of benzene rings is 3. The Bertz CT molecular complexity index is 1230. The predicted molar refractivity (Wildman–Crippen MR) is 136 cm³/mol. The van der Waals surface area contributed by atoms with Gasteiger partial charge in [0.25, 0.3) is 5.91 Å². The Balaban J connectivity index is 1.54. The highest BCUT2D eigenvalue weighted by molar-refractivity contribution is 7.80. The second-order valence-electron chi connectivity index (χ2n) is 7.12. The Morgan fingerprint density at radius 1 is 1.03 bits per heavy atom. The first kappa shape index (κ1) is 23.1. The van der Waals surface area contributed by atoms with Gasteiger partial charge in [-0.1, -0.05) is 47.5 Å². The molecule has 0 aliphatic carbocycles. The fourth-order valence-electron chi connectivity index (χ4n) is 3.31. The van der Waals surface area contributed by atoms with Crippen molar-refractivity contribution in [2.45, 2.75) is 13.5 Å². The van der Waals surface area contributed by atoms with Gasteiger partial charge in [0.15, 0.2) is 5.11 Å². The SMILES string of the molecule is CCOc1ccc(N2C(=O)/C(=C/c3ccccc3OCc3ccc(Cl)cc3Cl)NC2=S)cc1. The van der Waals surface area contributed by atoms with E-state index in [2.05, 4.69) is 5.32 Å². The molecule has 1 amide bonds. The van der Waals surface area contributed by atoms with E-state index in [4.69, 9.17) is 44.9 Å². The first-order valence-electron chi connectivity index (χ1n) is 10.2. The second kappa shape index (κ2) is 10.3. The molecule has 5 nitrogen and oxygen atoms in total. The minimum atomic E-state index is -0.250. The average molecular weight is 499 g/mol. The molecule has 0 atom stereocenters. The fraction of sp³-hybridized carbons (Fsp3) is 0.120. The van der Waals surface area contributed by atoms with Crippen LogP contribution >= 0.6 is 35.4 Å². The number of hydrogen-bond donors (Lipinski definition) is 1. The molecular formula is C25H20Cl2N2O3S. The maximum atomic E-state index is 13.1. The number of thiocarbonyl (C=S) groups is 1. The summed E-state index contributed by atoms with van der Waals surface area (Å²) in [6.45, 7) is 2.74. The number of rotatable bonds is 7. The van der Waals surface area contributed by atoms with Crippen molar-refractivity contribution in [3.05, 3.63) is 93.6 Å². The summed E-state index contributed by atoms with van der Waals surface area (Å²) in [5.74, 6) is 1.09. The third kappa shape index (κ3) is 5.30. The zero-order chi connectivity index (χ0) is 23.4. The van der Waals surface area contributed by atoms with Gasteiger partial charge in [0.1, 0.15) is 23.8 Å². The molecule has 0 aromatic heterocycles. The molecule has 3 aromatic carbocycles. The van der Waals surface area contributed by atoms with Crippen LogP contribution in [0.3, 0.4) is 0 Å². The number of carbonyl (C=O) groups is 1. The molecule has 1 heterocycles. The van der Waals surface area contributed by atoms with Crippen LogP contribution in [0.15, 0.2) is 72.4 Å². The first-order chi connectivity index (χ1) is 16.0. The lowest BCUT2D eigenvalue weighted by Crippen LogP contribution is -2.30. The number of nitrogens with zero attached hydrogens (tertiary/aromatic N) is 1. The van der Waals surface area contributed by atoms with Gasteiger partial charge < -0.3 is 14.8 Å². The van der Waals surface area contributed by atoms with E-state index in [1.165, 1.54) is 4.90 Å². The van der Waals surface area contributed by atoms with E-state index in [0.29, 0.717) is 38.9 Å². The summed E-state index contributed by atoms with van der Waals surface area (Å²) >= 11 is 17.6. The lowest BCUT2D eigenvalue weighted by Gasteiger charge is -2.14. The zero-order valence-corrected chi connectivity index (χ0v) is 20.0. The Hall–Kier alpha value is -3.06. The number of nitrogens with one attached hydrogen (secondary N) is 1. The van der Waals surface area contributed by atoms with E-state index in [-0.39, 0.29) is 12.5 Å². The highest BCUT2D eigenvalue weighted by Gasteiger charge is 2.32. The van der Waals surface area contributed by atoms with Gasteiger partial charge >= 0.3 is 0 Å². The molecule has 1 N–H and O–H groups in total. The molecule has 1 aliphatic heterocycles. The number of amides is 1.